The van der Waals surface area contributed by atoms with Crippen LogP contribution >= 0.6 is 0 Å². The highest BCUT2D eigenvalue weighted by Gasteiger charge is 2.17. The van der Waals surface area contributed by atoms with Gasteiger partial charge in [0.05, 0.1) is 24.0 Å². The Hall–Kier alpha value is -1.04. The average molecular weight is 281 g/mol. The van der Waals surface area contributed by atoms with Gasteiger partial charge in [0.25, 0.3) is 0 Å². The summed E-state index contributed by atoms with van der Waals surface area (Å²) in [6.45, 7) is 6.03. The van der Waals surface area contributed by atoms with Crippen LogP contribution in [0.15, 0.2) is 18.3 Å². The largest absolute Gasteiger partial charge is 0.377 e. The molecule has 1 aromatic rings. The maximum absolute atomic E-state index is 12.9. The van der Waals surface area contributed by atoms with Gasteiger partial charge in [0.1, 0.15) is 5.82 Å². The highest BCUT2D eigenvalue weighted by molar-refractivity contribution is 5.09. The van der Waals surface area contributed by atoms with E-state index >= 15 is 0 Å². The zero-order valence-electron chi connectivity index (χ0n) is 12.3. The lowest BCUT2D eigenvalue weighted by molar-refractivity contribution is 0.0672. The van der Waals surface area contributed by atoms with E-state index in [-0.39, 0.29) is 11.9 Å². The Labute approximate surface area is 120 Å². The SMILES string of the molecule is CNC(CCN1CCCOC(C)C1)c1ccc(F)cn1. The molecule has 1 fully saturated rings. The first-order valence-corrected chi connectivity index (χ1v) is 7.31. The molecule has 2 atom stereocenters. The first kappa shape index (κ1) is 15.4. The van der Waals surface area contributed by atoms with Crippen LogP contribution in [0.3, 0.4) is 0 Å². The molecule has 1 aromatic heterocycles. The summed E-state index contributed by atoms with van der Waals surface area (Å²) in [6, 6.07) is 3.38. The number of pyridine rings is 1. The summed E-state index contributed by atoms with van der Waals surface area (Å²) in [4.78, 5) is 6.60. The second-order valence-electron chi connectivity index (χ2n) is 5.37. The normalized spacial score (nSPS) is 22.4. The molecule has 0 spiro atoms. The Morgan fingerprint density at radius 2 is 2.40 bits per heavy atom. The van der Waals surface area contributed by atoms with Gasteiger partial charge in [-0.1, -0.05) is 0 Å². The van der Waals surface area contributed by atoms with Gasteiger partial charge in [-0.15, -0.1) is 0 Å². The van der Waals surface area contributed by atoms with Crippen molar-refractivity contribution in [3.05, 3.63) is 29.8 Å². The summed E-state index contributed by atoms with van der Waals surface area (Å²) in [5.41, 5.74) is 0.896. The number of ether oxygens (including phenoxy) is 1. The van der Waals surface area contributed by atoms with Crippen molar-refractivity contribution in [2.24, 2.45) is 0 Å². The minimum Gasteiger partial charge on any atom is -0.377 e. The molecule has 0 aromatic carbocycles. The van der Waals surface area contributed by atoms with Crippen LogP contribution in [0.1, 0.15) is 31.5 Å². The number of rotatable bonds is 5. The molecule has 4 nitrogen and oxygen atoms in total. The van der Waals surface area contributed by atoms with Crippen LogP contribution in [0.2, 0.25) is 0 Å². The second kappa shape index (κ2) is 7.67. The lowest BCUT2D eigenvalue weighted by Crippen LogP contribution is -2.33. The molecular weight excluding hydrogens is 257 g/mol. The smallest absolute Gasteiger partial charge is 0.141 e. The van der Waals surface area contributed by atoms with Gasteiger partial charge in [0.15, 0.2) is 0 Å². The van der Waals surface area contributed by atoms with Crippen LogP contribution in [0.5, 0.6) is 0 Å². The van der Waals surface area contributed by atoms with E-state index in [1.54, 1.807) is 6.07 Å². The minimum atomic E-state index is -0.290. The molecular formula is C15H24FN3O. The monoisotopic (exact) mass is 281 g/mol. The Kier molecular flexibility index (Phi) is 5.88. The van der Waals surface area contributed by atoms with Crippen molar-refractivity contribution in [2.45, 2.75) is 31.9 Å². The Balaban J connectivity index is 1.88. The topological polar surface area (TPSA) is 37.4 Å². The third-order valence-corrected chi connectivity index (χ3v) is 3.73. The van der Waals surface area contributed by atoms with Crippen molar-refractivity contribution in [1.82, 2.24) is 15.2 Å². The van der Waals surface area contributed by atoms with Crippen molar-refractivity contribution in [1.29, 1.82) is 0 Å². The quantitative estimate of drug-likeness (QED) is 0.895. The van der Waals surface area contributed by atoms with Gasteiger partial charge in [0.2, 0.25) is 0 Å². The number of nitrogens with zero attached hydrogens (tertiary/aromatic N) is 2. The summed E-state index contributed by atoms with van der Waals surface area (Å²) in [7, 11) is 1.92. The van der Waals surface area contributed by atoms with Crippen molar-refractivity contribution in [3.63, 3.8) is 0 Å². The van der Waals surface area contributed by atoms with Gasteiger partial charge in [-0.3, -0.25) is 4.98 Å². The molecule has 112 valence electrons. The van der Waals surface area contributed by atoms with Crippen LogP contribution in [0, 0.1) is 5.82 Å². The number of nitrogens with one attached hydrogen (secondary N) is 1. The molecule has 1 N–H and O–H groups in total. The van der Waals surface area contributed by atoms with Gasteiger partial charge in [-0.25, -0.2) is 4.39 Å². The fraction of sp³-hybridized carbons (Fsp3) is 0.667. The highest BCUT2D eigenvalue weighted by Crippen LogP contribution is 2.16. The zero-order valence-corrected chi connectivity index (χ0v) is 12.3. The fourth-order valence-corrected chi connectivity index (χ4v) is 2.63. The predicted octanol–water partition coefficient (Wildman–Crippen LogP) is 1.98. The summed E-state index contributed by atoms with van der Waals surface area (Å²) in [6.07, 6.45) is 3.63. The number of aromatic nitrogens is 1. The van der Waals surface area contributed by atoms with Gasteiger partial charge < -0.3 is 15.0 Å². The molecule has 5 heteroatoms. The lowest BCUT2D eigenvalue weighted by atomic mass is 10.1. The first-order chi connectivity index (χ1) is 9.69. The van der Waals surface area contributed by atoms with E-state index in [1.165, 1.54) is 12.3 Å². The van der Waals surface area contributed by atoms with Crippen molar-refractivity contribution in [2.75, 3.05) is 33.3 Å². The molecule has 20 heavy (non-hydrogen) atoms. The number of halogens is 1. The van der Waals surface area contributed by atoms with E-state index in [0.29, 0.717) is 6.10 Å². The van der Waals surface area contributed by atoms with E-state index in [4.69, 9.17) is 4.74 Å². The van der Waals surface area contributed by atoms with Crippen LogP contribution in [0.25, 0.3) is 0 Å². The van der Waals surface area contributed by atoms with Crippen molar-refractivity contribution < 1.29 is 9.13 Å². The zero-order chi connectivity index (χ0) is 14.4. The molecule has 1 saturated heterocycles. The van der Waals surface area contributed by atoms with Gasteiger partial charge in [-0.2, -0.15) is 0 Å². The molecule has 0 saturated carbocycles. The first-order valence-electron chi connectivity index (χ1n) is 7.31. The standard InChI is InChI=1S/C15H24FN3O/c1-12-11-19(7-3-9-20-12)8-6-14(17-2)15-5-4-13(16)10-18-15/h4-5,10,12,14,17H,3,6-9,11H2,1-2H3. The van der Waals surface area contributed by atoms with Crippen LogP contribution in [-0.2, 0) is 4.74 Å². The number of hydrogen-bond donors (Lipinski definition) is 1. The van der Waals surface area contributed by atoms with E-state index < -0.39 is 0 Å². The maximum Gasteiger partial charge on any atom is 0.141 e. The van der Waals surface area contributed by atoms with Crippen LogP contribution < -0.4 is 5.32 Å². The van der Waals surface area contributed by atoms with Crippen molar-refractivity contribution in [3.8, 4) is 0 Å². The van der Waals surface area contributed by atoms with Crippen LogP contribution in [-0.4, -0.2) is 49.3 Å². The van der Waals surface area contributed by atoms with E-state index in [0.717, 1.165) is 44.8 Å². The van der Waals surface area contributed by atoms with E-state index in [1.807, 2.05) is 7.05 Å². The van der Waals surface area contributed by atoms with Crippen LogP contribution in [0.4, 0.5) is 4.39 Å². The molecule has 2 rings (SSSR count). The van der Waals surface area contributed by atoms with E-state index in [2.05, 4.69) is 22.1 Å². The minimum absolute atomic E-state index is 0.162. The average Bonchev–Trinajstić information content (AvgIpc) is 2.66. The maximum atomic E-state index is 12.9. The summed E-state index contributed by atoms with van der Waals surface area (Å²) in [5.74, 6) is -0.290. The number of hydrogen-bond acceptors (Lipinski definition) is 4. The third-order valence-electron chi connectivity index (χ3n) is 3.73. The predicted molar refractivity (Wildman–Crippen MR) is 77.1 cm³/mol. The molecule has 2 heterocycles. The Bertz CT molecular complexity index is 399. The molecule has 1 aliphatic heterocycles. The summed E-state index contributed by atoms with van der Waals surface area (Å²) in [5, 5.41) is 3.26. The van der Waals surface area contributed by atoms with E-state index in [9.17, 15) is 4.39 Å². The molecule has 1 aliphatic rings. The van der Waals surface area contributed by atoms with Crippen molar-refractivity contribution >= 4 is 0 Å². The third kappa shape index (κ3) is 4.51. The molecule has 0 bridgehead atoms. The summed E-state index contributed by atoms with van der Waals surface area (Å²) < 4.78 is 18.6. The van der Waals surface area contributed by atoms with Gasteiger partial charge in [0, 0.05) is 26.2 Å². The lowest BCUT2D eigenvalue weighted by Gasteiger charge is -2.24. The Morgan fingerprint density at radius 1 is 1.55 bits per heavy atom. The molecule has 0 aliphatic carbocycles. The van der Waals surface area contributed by atoms with Gasteiger partial charge >= 0.3 is 0 Å². The second-order valence-corrected chi connectivity index (χ2v) is 5.37. The van der Waals surface area contributed by atoms with Gasteiger partial charge in [-0.05, 0) is 38.9 Å². The Morgan fingerprint density at radius 3 is 3.10 bits per heavy atom. The molecule has 2 unspecified atom stereocenters. The highest BCUT2D eigenvalue weighted by atomic mass is 19.1. The molecule has 0 radical (unpaired) electrons. The summed E-state index contributed by atoms with van der Waals surface area (Å²) >= 11 is 0. The molecule has 0 amide bonds. The fourth-order valence-electron chi connectivity index (χ4n) is 2.63.